The Bertz CT molecular complexity index is 515. The maximum atomic E-state index is 12.7. The molecule has 2 aliphatic heterocycles. The normalized spacial score (nSPS) is 29.6. The molecule has 4 nitrogen and oxygen atoms in total. The van der Waals surface area contributed by atoms with Crippen molar-refractivity contribution >= 4 is 5.91 Å². The molecule has 2 saturated heterocycles. The molecular formula is C15H20N2O2. The monoisotopic (exact) mass is 260 g/mol. The minimum absolute atomic E-state index is 0.0512. The number of hydrogen-bond acceptors (Lipinski definition) is 3. The van der Waals surface area contributed by atoms with Crippen molar-refractivity contribution in [3.05, 3.63) is 29.3 Å². The molecule has 0 bridgehead atoms. The van der Waals surface area contributed by atoms with Crippen LogP contribution in [0.25, 0.3) is 0 Å². The fraction of sp³-hybridized carbons (Fsp3) is 0.533. The van der Waals surface area contributed by atoms with Crippen LogP contribution in [0.3, 0.4) is 0 Å². The number of phenolic OH excluding ortho intramolecular Hbond substituents is 1. The molecule has 0 aliphatic carbocycles. The highest BCUT2D eigenvalue weighted by atomic mass is 16.3. The molecule has 2 N–H and O–H groups in total. The summed E-state index contributed by atoms with van der Waals surface area (Å²) >= 11 is 0. The molecule has 3 atom stereocenters. The lowest BCUT2D eigenvalue weighted by Gasteiger charge is -2.25. The van der Waals surface area contributed by atoms with Gasteiger partial charge in [-0.3, -0.25) is 4.79 Å². The van der Waals surface area contributed by atoms with Gasteiger partial charge < -0.3 is 15.3 Å². The van der Waals surface area contributed by atoms with Crippen molar-refractivity contribution in [2.75, 3.05) is 19.6 Å². The summed E-state index contributed by atoms with van der Waals surface area (Å²) in [5.41, 5.74) is 1.30. The van der Waals surface area contributed by atoms with Crippen LogP contribution in [0, 0.1) is 18.8 Å². The molecule has 0 radical (unpaired) electrons. The number of likely N-dealkylation sites (tertiary alicyclic amines) is 1. The van der Waals surface area contributed by atoms with Crippen LogP contribution in [0.2, 0.25) is 0 Å². The first-order valence-electron chi connectivity index (χ1n) is 6.90. The van der Waals surface area contributed by atoms with Crippen molar-refractivity contribution in [2.24, 2.45) is 11.8 Å². The van der Waals surface area contributed by atoms with E-state index >= 15 is 0 Å². The van der Waals surface area contributed by atoms with Gasteiger partial charge in [-0.25, -0.2) is 0 Å². The highest BCUT2D eigenvalue weighted by Gasteiger charge is 2.44. The summed E-state index contributed by atoms with van der Waals surface area (Å²) in [4.78, 5) is 14.6. The molecular weight excluding hydrogens is 240 g/mol. The number of rotatable bonds is 1. The third-order valence-corrected chi connectivity index (χ3v) is 4.73. The summed E-state index contributed by atoms with van der Waals surface area (Å²) < 4.78 is 0. The molecule has 1 aromatic carbocycles. The van der Waals surface area contributed by atoms with Crippen LogP contribution in [0.15, 0.2) is 18.2 Å². The third kappa shape index (κ3) is 1.91. The van der Waals surface area contributed by atoms with Gasteiger partial charge in [0.15, 0.2) is 0 Å². The number of hydrogen-bond donors (Lipinski definition) is 2. The Labute approximate surface area is 113 Å². The van der Waals surface area contributed by atoms with Crippen LogP contribution < -0.4 is 5.32 Å². The minimum Gasteiger partial charge on any atom is -0.508 e. The number of benzene rings is 1. The zero-order chi connectivity index (χ0) is 13.6. The summed E-state index contributed by atoms with van der Waals surface area (Å²) in [6.45, 7) is 6.78. The Balaban J connectivity index is 1.87. The zero-order valence-electron chi connectivity index (χ0n) is 11.4. The third-order valence-electron chi connectivity index (χ3n) is 4.73. The van der Waals surface area contributed by atoms with E-state index in [4.69, 9.17) is 0 Å². The largest absolute Gasteiger partial charge is 0.508 e. The van der Waals surface area contributed by atoms with E-state index in [2.05, 4.69) is 12.2 Å². The van der Waals surface area contributed by atoms with Gasteiger partial charge in [0.05, 0.1) is 0 Å². The average molecular weight is 260 g/mol. The van der Waals surface area contributed by atoms with Crippen LogP contribution in [-0.4, -0.2) is 41.6 Å². The van der Waals surface area contributed by atoms with E-state index in [0.29, 0.717) is 23.0 Å². The number of phenols is 1. The van der Waals surface area contributed by atoms with E-state index in [-0.39, 0.29) is 17.7 Å². The number of nitrogens with zero attached hydrogens (tertiary/aromatic N) is 1. The molecule has 1 amide bonds. The summed E-state index contributed by atoms with van der Waals surface area (Å²) in [5, 5.41) is 13.1. The molecule has 4 heteroatoms. The van der Waals surface area contributed by atoms with Crippen LogP contribution in [0.4, 0.5) is 0 Å². The molecule has 2 heterocycles. The number of carbonyl (C=O) groups is 1. The smallest absolute Gasteiger partial charge is 0.254 e. The Morgan fingerprint density at radius 3 is 2.95 bits per heavy atom. The molecule has 2 fully saturated rings. The van der Waals surface area contributed by atoms with E-state index in [0.717, 1.165) is 19.6 Å². The molecule has 0 aromatic heterocycles. The van der Waals surface area contributed by atoms with E-state index < -0.39 is 0 Å². The second-order valence-corrected chi connectivity index (χ2v) is 5.73. The van der Waals surface area contributed by atoms with Crippen LogP contribution in [0.5, 0.6) is 5.75 Å². The van der Waals surface area contributed by atoms with Crippen LogP contribution in [0.1, 0.15) is 22.8 Å². The molecule has 19 heavy (non-hydrogen) atoms. The number of aromatic hydroxyl groups is 1. The van der Waals surface area contributed by atoms with Crippen LogP contribution in [-0.2, 0) is 0 Å². The maximum Gasteiger partial charge on any atom is 0.254 e. The van der Waals surface area contributed by atoms with Gasteiger partial charge in [-0.1, -0.05) is 6.07 Å². The lowest BCUT2D eigenvalue weighted by atomic mass is 9.95. The van der Waals surface area contributed by atoms with E-state index in [1.54, 1.807) is 25.1 Å². The summed E-state index contributed by atoms with van der Waals surface area (Å²) in [7, 11) is 0. The molecule has 0 spiro atoms. The van der Waals surface area contributed by atoms with Gasteiger partial charge >= 0.3 is 0 Å². The quantitative estimate of drug-likeness (QED) is 0.802. The number of nitrogens with one attached hydrogen (secondary N) is 1. The zero-order valence-corrected chi connectivity index (χ0v) is 11.4. The lowest BCUT2D eigenvalue weighted by Crippen LogP contribution is -2.38. The van der Waals surface area contributed by atoms with Gasteiger partial charge in [0.2, 0.25) is 0 Å². The average Bonchev–Trinajstić information content (AvgIpc) is 2.96. The second-order valence-electron chi connectivity index (χ2n) is 5.73. The number of carbonyl (C=O) groups excluding carboxylic acids is 1. The Kier molecular flexibility index (Phi) is 2.97. The first kappa shape index (κ1) is 12.5. The molecule has 3 unspecified atom stereocenters. The van der Waals surface area contributed by atoms with Crippen molar-refractivity contribution in [3.63, 3.8) is 0 Å². The molecule has 0 saturated carbocycles. The minimum atomic E-state index is 0.0512. The number of amides is 1. The van der Waals surface area contributed by atoms with E-state index in [1.165, 1.54) is 0 Å². The van der Waals surface area contributed by atoms with Gasteiger partial charge in [-0.05, 0) is 37.8 Å². The first-order valence-corrected chi connectivity index (χ1v) is 6.90. The molecule has 3 rings (SSSR count). The van der Waals surface area contributed by atoms with Crippen molar-refractivity contribution in [1.29, 1.82) is 0 Å². The Morgan fingerprint density at radius 2 is 2.21 bits per heavy atom. The van der Waals surface area contributed by atoms with Crippen molar-refractivity contribution in [1.82, 2.24) is 10.2 Å². The van der Waals surface area contributed by atoms with Gasteiger partial charge in [-0.15, -0.1) is 0 Å². The van der Waals surface area contributed by atoms with E-state index in [1.807, 2.05) is 4.90 Å². The van der Waals surface area contributed by atoms with Crippen molar-refractivity contribution in [2.45, 2.75) is 19.9 Å². The maximum absolute atomic E-state index is 12.7. The predicted octanol–water partition coefficient (Wildman–Crippen LogP) is 1.38. The van der Waals surface area contributed by atoms with Gasteiger partial charge in [-0.2, -0.15) is 0 Å². The first-order chi connectivity index (χ1) is 9.09. The molecule has 1 aromatic rings. The fourth-order valence-corrected chi connectivity index (χ4v) is 3.45. The summed E-state index contributed by atoms with van der Waals surface area (Å²) in [6.07, 6.45) is 0. The molecule has 2 aliphatic rings. The lowest BCUT2D eigenvalue weighted by molar-refractivity contribution is 0.0727. The topological polar surface area (TPSA) is 52.6 Å². The molecule has 102 valence electrons. The highest BCUT2D eigenvalue weighted by Crippen LogP contribution is 2.34. The SMILES string of the molecule is Cc1c(O)cccc1C(=O)N1CC2CNCC2C1C. The highest BCUT2D eigenvalue weighted by molar-refractivity contribution is 5.96. The number of fused-ring (bicyclic) bond motifs is 1. The standard InChI is InChI=1S/C15H20N2O2/c1-9-12(4-3-5-14(9)18)15(19)17-8-11-6-16-7-13(11)10(17)2/h3-5,10-11,13,16,18H,6-8H2,1-2H3. The van der Waals surface area contributed by atoms with Crippen molar-refractivity contribution < 1.29 is 9.90 Å². The predicted molar refractivity (Wildman–Crippen MR) is 73.2 cm³/mol. The second kappa shape index (κ2) is 4.53. The van der Waals surface area contributed by atoms with Gasteiger partial charge in [0.25, 0.3) is 5.91 Å². The Hall–Kier alpha value is -1.55. The van der Waals surface area contributed by atoms with E-state index in [9.17, 15) is 9.90 Å². The Morgan fingerprint density at radius 1 is 1.42 bits per heavy atom. The van der Waals surface area contributed by atoms with Gasteiger partial charge in [0.1, 0.15) is 5.75 Å². The summed E-state index contributed by atoms with van der Waals surface area (Å²) in [6, 6.07) is 5.43. The fourth-order valence-electron chi connectivity index (χ4n) is 3.45. The van der Waals surface area contributed by atoms with Crippen LogP contribution >= 0.6 is 0 Å². The van der Waals surface area contributed by atoms with Crippen molar-refractivity contribution in [3.8, 4) is 5.75 Å². The van der Waals surface area contributed by atoms with Gasteiger partial charge in [0, 0.05) is 36.8 Å². The summed E-state index contributed by atoms with van der Waals surface area (Å²) in [5.74, 6) is 1.40.